The minimum atomic E-state index is 0.0831. The van der Waals surface area contributed by atoms with Crippen molar-refractivity contribution in [3.05, 3.63) is 25.3 Å². The van der Waals surface area contributed by atoms with E-state index in [4.69, 9.17) is 5.26 Å². The number of amides is 1. The number of carbonyl (C=O) groups excluding carboxylic acids is 1. The highest BCUT2D eigenvalue weighted by molar-refractivity contribution is 5.86. The molecule has 0 spiro atoms. The van der Waals surface area contributed by atoms with Gasteiger partial charge in [-0.2, -0.15) is 5.26 Å². The second-order valence-corrected chi connectivity index (χ2v) is 2.92. The molecule has 0 aromatic heterocycles. The lowest BCUT2D eigenvalue weighted by molar-refractivity contribution is -0.126. The molecule has 0 aromatic rings. The lowest BCUT2D eigenvalue weighted by Gasteiger charge is -2.25. The van der Waals surface area contributed by atoms with E-state index in [1.807, 2.05) is 4.90 Å². The standard InChI is InChI=1S/C8H13NO.C3H3N/c1-2-8(10)9-6-4-3-5-7-9;1-2-3-4/h2H,1,3-7H2;2H,1H2. The average Bonchev–Trinajstić information content (AvgIpc) is 2.29. The Balaban J connectivity index is 0.000000364. The van der Waals surface area contributed by atoms with Gasteiger partial charge in [-0.1, -0.05) is 13.2 Å². The van der Waals surface area contributed by atoms with Gasteiger partial charge in [-0.15, -0.1) is 0 Å². The van der Waals surface area contributed by atoms with Gasteiger partial charge in [0.2, 0.25) is 5.91 Å². The van der Waals surface area contributed by atoms with E-state index in [1.54, 1.807) is 6.07 Å². The van der Waals surface area contributed by atoms with E-state index in [9.17, 15) is 4.79 Å². The molecule has 1 heterocycles. The quantitative estimate of drug-likeness (QED) is 0.470. The molecular formula is C11H16N2O. The van der Waals surface area contributed by atoms with Crippen molar-refractivity contribution < 1.29 is 4.79 Å². The van der Waals surface area contributed by atoms with E-state index >= 15 is 0 Å². The Labute approximate surface area is 85.3 Å². The normalized spacial score (nSPS) is 14.4. The molecule has 76 valence electrons. The van der Waals surface area contributed by atoms with Gasteiger partial charge in [-0.25, -0.2) is 0 Å². The van der Waals surface area contributed by atoms with Crippen LogP contribution >= 0.6 is 0 Å². The van der Waals surface area contributed by atoms with Crippen molar-refractivity contribution in [2.45, 2.75) is 19.3 Å². The number of nitriles is 1. The average molecular weight is 192 g/mol. The smallest absolute Gasteiger partial charge is 0.245 e. The largest absolute Gasteiger partial charge is 0.339 e. The molecule has 1 saturated heterocycles. The van der Waals surface area contributed by atoms with Gasteiger partial charge in [-0.05, 0) is 25.3 Å². The van der Waals surface area contributed by atoms with Crippen LogP contribution in [0.5, 0.6) is 0 Å². The number of hydrogen-bond acceptors (Lipinski definition) is 2. The zero-order chi connectivity index (χ0) is 10.8. The number of likely N-dealkylation sites (tertiary alicyclic amines) is 1. The van der Waals surface area contributed by atoms with Crippen LogP contribution in [0.2, 0.25) is 0 Å². The Morgan fingerprint density at radius 1 is 1.29 bits per heavy atom. The Kier molecular flexibility index (Phi) is 7.16. The Hall–Kier alpha value is -1.56. The summed E-state index contributed by atoms with van der Waals surface area (Å²) in [6, 6.07) is 1.69. The molecule has 3 heteroatoms. The first-order chi connectivity index (χ1) is 6.76. The molecule has 0 atom stereocenters. The van der Waals surface area contributed by atoms with Crippen molar-refractivity contribution >= 4 is 5.91 Å². The third-order valence-electron chi connectivity index (χ3n) is 1.93. The molecule has 1 rings (SSSR count). The molecule has 3 nitrogen and oxygen atoms in total. The first kappa shape index (κ1) is 12.4. The molecule has 1 fully saturated rings. The molecule has 0 aliphatic carbocycles. The lowest BCUT2D eigenvalue weighted by atomic mass is 10.1. The number of carbonyl (C=O) groups is 1. The highest BCUT2D eigenvalue weighted by Crippen LogP contribution is 2.08. The maximum Gasteiger partial charge on any atom is 0.245 e. The molecule has 1 aliphatic heterocycles. The minimum absolute atomic E-state index is 0.0831. The second-order valence-electron chi connectivity index (χ2n) is 2.92. The minimum Gasteiger partial charge on any atom is -0.339 e. The maximum absolute atomic E-state index is 11.0. The van der Waals surface area contributed by atoms with Crippen molar-refractivity contribution in [3.8, 4) is 6.07 Å². The van der Waals surface area contributed by atoms with Crippen molar-refractivity contribution in [2.24, 2.45) is 0 Å². The Bertz CT molecular complexity index is 234. The van der Waals surface area contributed by atoms with Crippen LogP contribution in [0, 0.1) is 11.3 Å². The van der Waals surface area contributed by atoms with E-state index in [0.29, 0.717) is 0 Å². The van der Waals surface area contributed by atoms with Crippen LogP contribution in [0.1, 0.15) is 19.3 Å². The summed E-state index contributed by atoms with van der Waals surface area (Å²) in [7, 11) is 0. The van der Waals surface area contributed by atoms with Gasteiger partial charge in [-0.3, -0.25) is 4.79 Å². The summed E-state index contributed by atoms with van der Waals surface area (Å²) < 4.78 is 0. The summed E-state index contributed by atoms with van der Waals surface area (Å²) in [4.78, 5) is 12.8. The fourth-order valence-electron chi connectivity index (χ4n) is 1.24. The summed E-state index contributed by atoms with van der Waals surface area (Å²) in [6.45, 7) is 8.41. The van der Waals surface area contributed by atoms with E-state index in [1.165, 1.54) is 18.6 Å². The van der Waals surface area contributed by atoms with E-state index in [2.05, 4.69) is 13.2 Å². The van der Waals surface area contributed by atoms with Crippen LogP contribution in [-0.2, 0) is 4.79 Å². The van der Waals surface area contributed by atoms with Crippen LogP contribution in [0.15, 0.2) is 25.3 Å². The number of hydrogen-bond donors (Lipinski definition) is 0. The summed E-state index contributed by atoms with van der Waals surface area (Å²) in [6.07, 6.45) is 6.14. The fraction of sp³-hybridized carbons (Fsp3) is 0.455. The molecule has 0 radical (unpaired) electrons. The molecule has 0 unspecified atom stereocenters. The summed E-state index contributed by atoms with van der Waals surface area (Å²) in [5.74, 6) is 0.0831. The van der Waals surface area contributed by atoms with Gasteiger partial charge in [0, 0.05) is 19.2 Å². The lowest BCUT2D eigenvalue weighted by Crippen LogP contribution is -2.34. The fourth-order valence-corrected chi connectivity index (χ4v) is 1.24. The van der Waals surface area contributed by atoms with E-state index < -0.39 is 0 Å². The second kappa shape index (κ2) is 8.06. The third kappa shape index (κ3) is 5.15. The van der Waals surface area contributed by atoms with Crippen molar-refractivity contribution in [3.63, 3.8) is 0 Å². The zero-order valence-corrected chi connectivity index (χ0v) is 8.41. The predicted octanol–water partition coefficient (Wildman–Crippen LogP) is 1.88. The van der Waals surface area contributed by atoms with Gasteiger partial charge in [0.05, 0.1) is 6.07 Å². The molecule has 0 saturated carbocycles. The first-order valence-electron chi connectivity index (χ1n) is 4.68. The van der Waals surface area contributed by atoms with Gasteiger partial charge < -0.3 is 4.90 Å². The predicted molar refractivity (Wildman–Crippen MR) is 56.4 cm³/mol. The third-order valence-corrected chi connectivity index (χ3v) is 1.93. The van der Waals surface area contributed by atoms with Gasteiger partial charge in [0.1, 0.15) is 0 Å². The molecule has 14 heavy (non-hydrogen) atoms. The Morgan fingerprint density at radius 3 is 2.14 bits per heavy atom. The van der Waals surface area contributed by atoms with E-state index in [-0.39, 0.29) is 5.91 Å². The van der Waals surface area contributed by atoms with Gasteiger partial charge in [0.25, 0.3) is 0 Å². The summed E-state index contributed by atoms with van der Waals surface area (Å²) in [5, 5.41) is 7.51. The molecular weight excluding hydrogens is 176 g/mol. The molecule has 0 bridgehead atoms. The number of piperidine rings is 1. The van der Waals surface area contributed by atoms with Crippen LogP contribution < -0.4 is 0 Å². The molecule has 1 amide bonds. The van der Waals surface area contributed by atoms with Gasteiger partial charge in [0.15, 0.2) is 0 Å². The number of rotatable bonds is 1. The monoisotopic (exact) mass is 192 g/mol. The van der Waals surface area contributed by atoms with E-state index in [0.717, 1.165) is 25.9 Å². The van der Waals surface area contributed by atoms with Crippen molar-refractivity contribution in [1.29, 1.82) is 5.26 Å². The molecule has 0 N–H and O–H groups in total. The molecule has 1 aliphatic rings. The zero-order valence-electron chi connectivity index (χ0n) is 8.41. The Morgan fingerprint density at radius 2 is 1.79 bits per heavy atom. The number of allylic oxidation sites excluding steroid dienone is 1. The first-order valence-corrected chi connectivity index (χ1v) is 4.68. The summed E-state index contributed by atoms with van der Waals surface area (Å²) in [5.41, 5.74) is 0. The van der Waals surface area contributed by atoms with Crippen LogP contribution in [-0.4, -0.2) is 23.9 Å². The topological polar surface area (TPSA) is 44.1 Å². The molecule has 0 aromatic carbocycles. The maximum atomic E-state index is 11.0. The highest BCUT2D eigenvalue weighted by atomic mass is 16.2. The summed E-state index contributed by atoms with van der Waals surface area (Å²) >= 11 is 0. The SMILES string of the molecule is C=CC#N.C=CC(=O)N1CCCCC1. The highest BCUT2D eigenvalue weighted by Gasteiger charge is 2.12. The van der Waals surface area contributed by atoms with Crippen molar-refractivity contribution in [2.75, 3.05) is 13.1 Å². The number of nitrogens with zero attached hydrogens (tertiary/aromatic N) is 2. The van der Waals surface area contributed by atoms with Crippen LogP contribution in [0.4, 0.5) is 0 Å². The van der Waals surface area contributed by atoms with Crippen LogP contribution in [0.3, 0.4) is 0 Å². The van der Waals surface area contributed by atoms with Gasteiger partial charge >= 0.3 is 0 Å². The van der Waals surface area contributed by atoms with Crippen molar-refractivity contribution in [1.82, 2.24) is 4.90 Å². The van der Waals surface area contributed by atoms with Crippen LogP contribution in [0.25, 0.3) is 0 Å².